The molecule has 0 radical (unpaired) electrons. The lowest BCUT2D eigenvalue weighted by molar-refractivity contribution is -0.113. The second kappa shape index (κ2) is 4.24. The van der Waals surface area contributed by atoms with Gasteiger partial charge in [-0.1, -0.05) is 12.1 Å². The summed E-state index contributed by atoms with van der Waals surface area (Å²) in [5.74, 6) is -0.284. The molecule has 3 rings (SSSR count). The van der Waals surface area contributed by atoms with Crippen LogP contribution in [0.2, 0.25) is 0 Å². The molecule has 94 valence electrons. The number of benzene rings is 2. The van der Waals surface area contributed by atoms with E-state index in [1.807, 2.05) is 0 Å². The van der Waals surface area contributed by atoms with Gasteiger partial charge in [0.25, 0.3) is 5.78 Å². The number of para-hydroxylation sites is 1. The number of hydrogen-bond donors (Lipinski definition) is 0. The fourth-order valence-corrected chi connectivity index (χ4v) is 2.17. The first kappa shape index (κ1) is 11.5. The van der Waals surface area contributed by atoms with E-state index in [4.69, 9.17) is 4.74 Å². The van der Waals surface area contributed by atoms with E-state index in [2.05, 4.69) is 0 Å². The van der Waals surface area contributed by atoms with Gasteiger partial charge in [-0.05, 0) is 36.4 Å². The van der Waals surface area contributed by atoms with Gasteiger partial charge in [0.05, 0.1) is 18.4 Å². The number of fused-ring (bicyclic) bond motifs is 1. The summed E-state index contributed by atoms with van der Waals surface area (Å²) in [7, 11) is 1.58. The molecular formula is C15H11NO3. The molecule has 1 amide bonds. The Kier molecular flexibility index (Phi) is 2.56. The third-order valence-corrected chi connectivity index (χ3v) is 3.12. The fraction of sp³-hybridized carbons (Fsp3) is 0.0667. The van der Waals surface area contributed by atoms with Crippen LogP contribution in [0, 0.1) is 0 Å². The number of ketones is 1. The zero-order valence-corrected chi connectivity index (χ0v) is 10.3. The van der Waals surface area contributed by atoms with Crippen molar-refractivity contribution in [3.05, 3.63) is 54.1 Å². The van der Waals surface area contributed by atoms with Gasteiger partial charge in [-0.15, -0.1) is 0 Å². The largest absolute Gasteiger partial charge is 0.497 e. The van der Waals surface area contributed by atoms with Crippen molar-refractivity contribution >= 4 is 23.1 Å². The molecule has 2 aromatic carbocycles. The van der Waals surface area contributed by atoms with Crippen LogP contribution in [-0.2, 0) is 4.79 Å². The van der Waals surface area contributed by atoms with E-state index in [0.717, 1.165) is 0 Å². The van der Waals surface area contributed by atoms with Gasteiger partial charge in [-0.3, -0.25) is 14.5 Å². The lowest BCUT2D eigenvalue weighted by Crippen LogP contribution is -2.24. The third-order valence-electron chi connectivity index (χ3n) is 3.12. The average Bonchev–Trinajstić information content (AvgIpc) is 2.72. The monoisotopic (exact) mass is 253 g/mol. The molecule has 1 aliphatic heterocycles. The van der Waals surface area contributed by atoms with E-state index < -0.39 is 11.7 Å². The topological polar surface area (TPSA) is 46.6 Å². The number of methoxy groups -OCH3 is 1. The molecule has 0 aromatic heterocycles. The van der Waals surface area contributed by atoms with Crippen LogP contribution in [0.25, 0.3) is 0 Å². The van der Waals surface area contributed by atoms with Gasteiger partial charge in [0.2, 0.25) is 0 Å². The Labute approximate surface area is 110 Å². The quantitative estimate of drug-likeness (QED) is 0.773. The van der Waals surface area contributed by atoms with E-state index in [1.165, 1.54) is 4.90 Å². The van der Waals surface area contributed by atoms with Crippen LogP contribution in [0.15, 0.2) is 48.5 Å². The Morgan fingerprint density at radius 3 is 2.32 bits per heavy atom. The maximum atomic E-state index is 12.1. The molecule has 19 heavy (non-hydrogen) atoms. The highest BCUT2D eigenvalue weighted by Crippen LogP contribution is 2.35. The van der Waals surface area contributed by atoms with Crippen LogP contribution < -0.4 is 9.64 Å². The van der Waals surface area contributed by atoms with Crippen LogP contribution in [0.5, 0.6) is 5.75 Å². The zero-order valence-electron chi connectivity index (χ0n) is 10.3. The van der Waals surface area contributed by atoms with Crippen LogP contribution >= 0.6 is 0 Å². The molecule has 0 unspecified atom stereocenters. The van der Waals surface area contributed by atoms with Gasteiger partial charge in [0.1, 0.15) is 5.75 Å². The lowest BCUT2D eigenvalue weighted by atomic mass is 10.1. The Morgan fingerprint density at radius 1 is 0.947 bits per heavy atom. The first-order valence-corrected chi connectivity index (χ1v) is 5.84. The summed E-state index contributed by atoms with van der Waals surface area (Å²) >= 11 is 0. The Bertz CT molecular complexity index is 661. The van der Waals surface area contributed by atoms with Gasteiger partial charge < -0.3 is 4.74 Å². The minimum Gasteiger partial charge on any atom is -0.497 e. The van der Waals surface area contributed by atoms with Crippen molar-refractivity contribution in [2.45, 2.75) is 0 Å². The molecule has 0 fully saturated rings. The number of Topliss-reactive ketones (excluding diaryl/α,β-unsaturated/α-hetero) is 1. The summed E-state index contributed by atoms with van der Waals surface area (Å²) in [5, 5.41) is 0. The van der Waals surface area contributed by atoms with Gasteiger partial charge in [0, 0.05) is 5.69 Å². The number of carbonyl (C=O) groups is 2. The van der Waals surface area contributed by atoms with E-state index in [0.29, 0.717) is 22.7 Å². The smallest absolute Gasteiger partial charge is 0.304 e. The number of carbonyl (C=O) groups excluding carboxylic acids is 2. The highest BCUT2D eigenvalue weighted by molar-refractivity contribution is 6.53. The van der Waals surface area contributed by atoms with Crippen molar-refractivity contribution in [3.63, 3.8) is 0 Å². The molecule has 4 heteroatoms. The standard InChI is InChI=1S/C15H11NO3/c1-19-11-8-6-10(7-9-11)16-13-5-3-2-4-12(13)14(17)15(16)18/h2-9H,1H3. The fourth-order valence-electron chi connectivity index (χ4n) is 2.17. The lowest BCUT2D eigenvalue weighted by Gasteiger charge is -2.16. The van der Waals surface area contributed by atoms with Crippen LogP contribution in [0.3, 0.4) is 0 Å². The van der Waals surface area contributed by atoms with Crippen molar-refractivity contribution < 1.29 is 14.3 Å². The molecular weight excluding hydrogens is 242 g/mol. The van der Waals surface area contributed by atoms with Crippen molar-refractivity contribution in [1.82, 2.24) is 0 Å². The minimum absolute atomic E-state index is 0.448. The van der Waals surface area contributed by atoms with Crippen LogP contribution in [0.1, 0.15) is 10.4 Å². The predicted molar refractivity (Wildman–Crippen MR) is 70.9 cm³/mol. The maximum Gasteiger partial charge on any atom is 0.304 e. The van der Waals surface area contributed by atoms with E-state index >= 15 is 0 Å². The van der Waals surface area contributed by atoms with Gasteiger partial charge in [-0.2, -0.15) is 0 Å². The molecule has 0 spiro atoms. The number of anilines is 2. The molecule has 0 atom stereocenters. The van der Waals surface area contributed by atoms with Crippen molar-refractivity contribution in [1.29, 1.82) is 0 Å². The van der Waals surface area contributed by atoms with Crippen molar-refractivity contribution in [3.8, 4) is 5.75 Å². The summed E-state index contributed by atoms with van der Waals surface area (Å²) in [4.78, 5) is 25.4. The maximum absolute atomic E-state index is 12.1. The number of rotatable bonds is 2. The van der Waals surface area contributed by atoms with E-state index in [9.17, 15) is 9.59 Å². The molecule has 0 saturated carbocycles. The molecule has 4 nitrogen and oxygen atoms in total. The minimum atomic E-state index is -0.522. The molecule has 0 N–H and O–H groups in total. The summed E-state index contributed by atoms with van der Waals surface area (Å²) in [5.41, 5.74) is 1.73. The predicted octanol–water partition coefficient (Wildman–Crippen LogP) is 2.56. The molecule has 1 heterocycles. The molecule has 0 saturated heterocycles. The zero-order chi connectivity index (χ0) is 13.4. The number of ether oxygens (including phenoxy) is 1. The highest BCUT2D eigenvalue weighted by atomic mass is 16.5. The second-order valence-electron chi connectivity index (χ2n) is 4.18. The van der Waals surface area contributed by atoms with Gasteiger partial charge >= 0.3 is 5.91 Å². The normalized spacial score (nSPS) is 13.6. The summed E-state index contributed by atoms with van der Waals surface area (Å²) in [6.07, 6.45) is 0. The van der Waals surface area contributed by atoms with Gasteiger partial charge in [0.15, 0.2) is 0 Å². The summed E-state index contributed by atoms with van der Waals surface area (Å²) in [6, 6.07) is 14.0. The summed E-state index contributed by atoms with van der Waals surface area (Å²) in [6.45, 7) is 0. The van der Waals surface area contributed by atoms with Crippen LogP contribution in [-0.4, -0.2) is 18.8 Å². The van der Waals surface area contributed by atoms with E-state index in [1.54, 1.807) is 55.6 Å². The summed E-state index contributed by atoms with van der Waals surface area (Å²) < 4.78 is 5.08. The molecule has 0 bridgehead atoms. The Balaban J connectivity index is 2.09. The van der Waals surface area contributed by atoms with Crippen molar-refractivity contribution in [2.75, 3.05) is 12.0 Å². The third kappa shape index (κ3) is 1.69. The SMILES string of the molecule is COc1ccc(N2C(=O)C(=O)c3ccccc32)cc1. The Morgan fingerprint density at radius 2 is 1.63 bits per heavy atom. The first-order valence-electron chi connectivity index (χ1n) is 5.84. The molecule has 2 aromatic rings. The molecule has 0 aliphatic carbocycles. The van der Waals surface area contributed by atoms with Crippen LogP contribution in [0.4, 0.5) is 11.4 Å². The van der Waals surface area contributed by atoms with Gasteiger partial charge in [-0.25, -0.2) is 0 Å². The number of hydrogen-bond acceptors (Lipinski definition) is 3. The Hall–Kier alpha value is -2.62. The number of amides is 1. The highest BCUT2D eigenvalue weighted by Gasteiger charge is 2.36. The number of nitrogens with zero attached hydrogens (tertiary/aromatic N) is 1. The average molecular weight is 253 g/mol. The first-order chi connectivity index (χ1) is 9.22. The van der Waals surface area contributed by atoms with E-state index in [-0.39, 0.29) is 0 Å². The van der Waals surface area contributed by atoms with Crippen molar-refractivity contribution in [2.24, 2.45) is 0 Å². The molecule has 1 aliphatic rings. The second-order valence-corrected chi connectivity index (χ2v) is 4.18.